The molecule has 0 aliphatic carbocycles. The van der Waals surface area contributed by atoms with Crippen LogP contribution in [0.2, 0.25) is 10.0 Å². The Morgan fingerprint density at radius 2 is 2.04 bits per heavy atom. The Bertz CT molecular complexity index is 851. The molecule has 5 nitrogen and oxygen atoms in total. The molecular formula is C17H17Cl2NO4S. The van der Waals surface area contributed by atoms with Gasteiger partial charge >= 0.3 is 0 Å². The highest BCUT2D eigenvalue weighted by Gasteiger charge is 2.19. The molecule has 134 valence electrons. The van der Waals surface area contributed by atoms with E-state index in [-0.39, 0.29) is 16.0 Å². The largest absolute Gasteiger partial charge is 0.491 e. The van der Waals surface area contributed by atoms with Gasteiger partial charge in [0, 0.05) is 17.7 Å². The highest BCUT2D eigenvalue weighted by molar-refractivity contribution is 7.92. The first-order valence-electron chi connectivity index (χ1n) is 7.76. The topological polar surface area (TPSA) is 64.6 Å². The molecule has 3 rings (SSSR count). The summed E-state index contributed by atoms with van der Waals surface area (Å²) in [5.41, 5.74) is 0.376. The Balaban J connectivity index is 1.73. The molecule has 25 heavy (non-hydrogen) atoms. The number of halogens is 2. The fraction of sp³-hybridized carbons (Fsp3) is 0.294. The van der Waals surface area contributed by atoms with Gasteiger partial charge in [0.05, 0.1) is 16.8 Å². The molecule has 0 aromatic heterocycles. The van der Waals surface area contributed by atoms with Crippen molar-refractivity contribution in [2.45, 2.75) is 23.8 Å². The molecular weight excluding hydrogens is 385 g/mol. The first kappa shape index (κ1) is 18.3. The van der Waals surface area contributed by atoms with Crippen LogP contribution >= 0.6 is 23.2 Å². The third kappa shape index (κ3) is 4.79. The van der Waals surface area contributed by atoms with Crippen LogP contribution in [-0.4, -0.2) is 27.7 Å². The Morgan fingerprint density at radius 3 is 2.80 bits per heavy atom. The predicted octanol–water partition coefficient (Wildman–Crippen LogP) is 4.35. The molecule has 0 radical (unpaired) electrons. The lowest BCUT2D eigenvalue weighted by Gasteiger charge is -2.13. The molecule has 0 unspecified atom stereocenters. The van der Waals surface area contributed by atoms with Gasteiger partial charge in [-0.2, -0.15) is 0 Å². The van der Waals surface area contributed by atoms with Crippen molar-refractivity contribution in [3.63, 3.8) is 0 Å². The number of sulfonamides is 1. The van der Waals surface area contributed by atoms with Crippen LogP contribution < -0.4 is 9.46 Å². The molecule has 1 aliphatic heterocycles. The van der Waals surface area contributed by atoms with E-state index in [0.717, 1.165) is 19.4 Å². The van der Waals surface area contributed by atoms with Crippen molar-refractivity contribution in [1.29, 1.82) is 0 Å². The molecule has 8 heteroatoms. The van der Waals surface area contributed by atoms with E-state index in [4.69, 9.17) is 32.7 Å². The first-order chi connectivity index (χ1) is 11.9. The average molecular weight is 402 g/mol. The molecule has 1 fully saturated rings. The molecule has 2 aromatic carbocycles. The zero-order valence-electron chi connectivity index (χ0n) is 13.2. The second-order valence-electron chi connectivity index (χ2n) is 5.65. The van der Waals surface area contributed by atoms with Gasteiger partial charge in [0.15, 0.2) is 0 Å². The fourth-order valence-electron chi connectivity index (χ4n) is 2.51. The van der Waals surface area contributed by atoms with Crippen molar-refractivity contribution in [3.8, 4) is 5.75 Å². The summed E-state index contributed by atoms with van der Waals surface area (Å²) in [6, 6.07) is 11.0. The minimum absolute atomic E-state index is 0.0765. The molecule has 1 N–H and O–H groups in total. The van der Waals surface area contributed by atoms with Crippen molar-refractivity contribution in [2.24, 2.45) is 0 Å². The summed E-state index contributed by atoms with van der Waals surface area (Å²) in [5, 5.41) is 0.390. The van der Waals surface area contributed by atoms with E-state index < -0.39 is 10.0 Å². The summed E-state index contributed by atoms with van der Waals surface area (Å²) >= 11 is 11.9. The summed E-state index contributed by atoms with van der Waals surface area (Å²) in [7, 11) is -3.86. The molecule has 0 spiro atoms. The van der Waals surface area contributed by atoms with Gasteiger partial charge in [-0.05, 0) is 43.2 Å². The molecule has 1 atom stereocenters. The number of benzene rings is 2. The fourth-order valence-corrected chi connectivity index (χ4v) is 4.32. The second-order valence-corrected chi connectivity index (χ2v) is 8.15. The van der Waals surface area contributed by atoms with Crippen LogP contribution in [-0.2, 0) is 14.8 Å². The van der Waals surface area contributed by atoms with Crippen molar-refractivity contribution < 1.29 is 17.9 Å². The monoisotopic (exact) mass is 401 g/mol. The zero-order chi connectivity index (χ0) is 17.9. The summed E-state index contributed by atoms with van der Waals surface area (Å²) in [6.45, 7) is 1.20. The van der Waals surface area contributed by atoms with Crippen molar-refractivity contribution in [2.75, 3.05) is 17.9 Å². The average Bonchev–Trinajstić information content (AvgIpc) is 3.08. The molecule has 1 aliphatic rings. The molecule has 1 heterocycles. The van der Waals surface area contributed by atoms with Crippen LogP contribution in [0, 0.1) is 0 Å². The van der Waals surface area contributed by atoms with E-state index in [1.54, 1.807) is 24.3 Å². The summed E-state index contributed by atoms with van der Waals surface area (Å²) in [6.07, 6.45) is 2.10. The van der Waals surface area contributed by atoms with Gasteiger partial charge in [0.2, 0.25) is 0 Å². The van der Waals surface area contributed by atoms with Gasteiger partial charge in [0.1, 0.15) is 17.3 Å². The van der Waals surface area contributed by atoms with E-state index >= 15 is 0 Å². The second kappa shape index (κ2) is 7.83. The Hall–Kier alpha value is -1.47. The van der Waals surface area contributed by atoms with Gasteiger partial charge in [-0.15, -0.1) is 0 Å². The van der Waals surface area contributed by atoms with Crippen LogP contribution in [0.15, 0.2) is 47.4 Å². The third-order valence-electron chi connectivity index (χ3n) is 3.73. The lowest BCUT2D eigenvalue weighted by atomic mass is 10.2. The molecule has 1 saturated heterocycles. The SMILES string of the molecule is O=S(=O)(Nc1cccc(OC[C@@H]2CCCO2)c1)c1cc(Cl)ccc1Cl. The molecule has 0 amide bonds. The van der Waals surface area contributed by atoms with E-state index in [1.807, 2.05) is 0 Å². The number of hydrogen-bond donors (Lipinski definition) is 1. The Kier molecular flexibility index (Phi) is 5.74. The highest BCUT2D eigenvalue weighted by atomic mass is 35.5. The smallest absolute Gasteiger partial charge is 0.263 e. The minimum Gasteiger partial charge on any atom is -0.491 e. The van der Waals surface area contributed by atoms with E-state index in [1.165, 1.54) is 18.2 Å². The van der Waals surface area contributed by atoms with Crippen LogP contribution in [0.4, 0.5) is 5.69 Å². The summed E-state index contributed by atoms with van der Waals surface area (Å²) in [4.78, 5) is -0.0765. The number of rotatable bonds is 6. The molecule has 2 aromatic rings. The van der Waals surface area contributed by atoms with Crippen molar-refractivity contribution in [1.82, 2.24) is 0 Å². The van der Waals surface area contributed by atoms with Gasteiger partial charge in [-0.1, -0.05) is 29.3 Å². The first-order valence-corrected chi connectivity index (χ1v) is 10.0. The number of anilines is 1. The van der Waals surface area contributed by atoms with Crippen molar-refractivity contribution >= 4 is 38.9 Å². The predicted molar refractivity (Wildman–Crippen MR) is 98.2 cm³/mol. The Morgan fingerprint density at radius 1 is 1.20 bits per heavy atom. The number of ether oxygens (including phenoxy) is 2. The normalized spacial score (nSPS) is 17.4. The van der Waals surface area contributed by atoms with Crippen LogP contribution in [0.25, 0.3) is 0 Å². The van der Waals surface area contributed by atoms with Crippen molar-refractivity contribution in [3.05, 3.63) is 52.5 Å². The maximum Gasteiger partial charge on any atom is 0.263 e. The Labute approximate surface area is 156 Å². The maximum atomic E-state index is 12.5. The zero-order valence-corrected chi connectivity index (χ0v) is 15.6. The van der Waals surface area contributed by atoms with Gasteiger partial charge < -0.3 is 9.47 Å². The minimum atomic E-state index is -3.86. The lowest BCUT2D eigenvalue weighted by molar-refractivity contribution is 0.0680. The van der Waals surface area contributed by atoms with E-state index in [9.17, 15) is 8.42 Å². The quantitative estimate of drug-likeness (QED) is 0.780. The van der Waals surface area contributed by atoms with Gasteiger partial charge in [-0.3, -0.25) is 4.72 Å². The van der Waals surface area contributed by atoms with Crippen LogP contribution in [0.5, 0.6) is 5.75 Å². The lowest BCUT2D eigenvalue weighted by Crippen LogP contribution is -2.16. The highest BCUT2D eigenvalue weighted by Crippen LogP contribution is 2.28. The van der Waals surface area contributed by atoms with E-state index in [0.29, 0.717) is 23.1 Å². The molecule has 0 bridgehead atoms. The summed E-state index contributed by atoms with van der Waals surface area (Å²) in [5.74, 6) is 0.563. The summed E-state index contributed by atoms with van der Waals surface area (Å²) < 4.78 is 38.8. The van der Waals surface area contributed by atoms with Gasteiger partial charge in [-0.25, -0.2) is 8.42 Å². The maximum absolute atomic E-state index is 12.5. The molecule has 0 saturated carbocycles. The van der Waals surface area contributed by atoms with E-state index in [2.05, 4.69) is 4.72 Å². The van der Waals surface area contributed by atoms with Crippen LogP contribution in [0.3, 0.4) is 0 Å². The number of nitrogens with one attached hydrogen (secondary N) is 1. The van der Waals surface area contributed by atoms with Crippen LogP contribution in [0.1, 0.15) is 12.8 Å². The van der Waals surface area contributed by atoms with Gasteiger partial charge in [0.25, 0.3) is 10.0 Å². The standard InChI is InChI=1S/C17H17Cl2NO4S/c18-12-6-7-16(19)17(9-12)25(21,22)20-13-3-1-4-14(10-13)24-11-15-5-2-8-23-15/h1,3-4,6-7,9-10,15,20H,2,5,8,11H2/t15-/m0/s1. The third-order valence-corrected chi connectivity index (χ3v) is 5.83. The number of hydrogen-bond acceptors (Lipinski definition) is 4.